The van der Waals surface area contributed by atoms with Gasteiger partial charge in [-0.2, -0.15) is 0 Å². The molecule has 2 aromatic carbocycles. The number of rotatable bonds is 15. The summed E-state index contributed by atoms with van der Waals surface area (Å²) in [5.41, 5.74) is 5.61. The number of nitrogens with one attached hydrogen (secondary N) is 1. The summed E-state index contributed by atoms with van der Waals surface area (Å²) in [6, 6.07) is 13.2. The molecule has 10 heteroatoms. The van der Waals surface area contributed by atoms with Crippen LogP contribution >= 0.6 is 0 Å². The number of fused-ring (bicyclic) bond motifs is 1. The first-order valence-corrected chi connectivity index (χ1v) is 14.3. The molecule has 0 unspecified atom stereocenters. The minimum absolute atomic E-state index is 0.0909. The molecule has 0 bridgehead atoms. The minimum atomic E-state index is -0.338. The van der Waals surface area contributed by atoms with Gasteiger partial charge in [0.05, 0.1) is 53.6 Å². The maximum absolute atomic E-state index is 13.0. The van der Waals surface area contributed by atoms with Gasteiger partial charge in [0.15, 0.2) is 11.5 Å². The number of methoxy groups -OCH3 is 3. The second-order valence-corrected chi connectivity index (χ2v) is 10.5. The topological polar surface area (TPSA) is 109 Å². The van der Waals surface area contributed by atoms with Gasteiger partial charge in [-0.25, -0.2) is 0 Å². The predicted octanol–water partition coefficient (Wildman–Crippen LogP) is 5.21. The molecular formula is C34H40N2O8. The van der Waals surface area contributed by atoms with Crippen LogP contribution < -0.4 is 24.3 Å². The number of carbonyl (C=O) groups is 2. The van der Waals surface area contributed by atoms with Crippen LogP contribution in [0, 0.1) is 0 Å². The Morgan fingerprint density at radius 1 is 0.955 bits per heavy atom. The Morgan fingerprint density at radius 3 is 2.34 bits per heavy atom. The molecule has 4 rings (SSSR count). The van der Waals surface area contributed by atoms with Crippen molar-refractivity contribution in [3.8, 4) is 23.0 Å². The second kappa shape index (κ2) is 15.2. The molecule has 1 N–H and O–H groups in total. The van der Waals surface area contributed by atoms with Crippen LogP contribution in [-0.2, 0) is 20.9 Å². The van der Waals surface area contributed by atoms with Crippen molar-refractivity contribution in [1.29, 1.82) is 0 Å². The normalized spacial score (nSPS) is 13.2. The van der Waals surface area contributed by atoms with Crippen molar-refractivity contribution in [3.63, 3.8) is 0 Å². The number of furan rings is 1. The lowest BCUT2D eigenvalue weighted by atomic mass is 10.00. The zero-order valence-corrected chi connectivity index (χ0v) is 26.2. The fraction of sp³-hybridized carbons (Fsp3) is 0.353. The minimum Gasteiger partial charge on any atom is -0.497 e. The summed E-state index contributed by atoms with van der Waals surface area (Å²) < 4.78 is 33.3. The Balaban J connectivity index is 1.57. The highest BCUT2D eigenvalue weighted by Crippen LogP contribution is 2.46. The number of hydrogen-bond donors (Lipinski definition) is 1. The highest BCUT2D eigenvalue weighted by Gasteiger charge is 2.26. The van der Waals surface area contributed by atoms with Gasteiger partial charge in [-0.15, -0.1) is 0 Å². The van der Waals surface area contributed by atoms with Gasteiger partial charge in [0.25, 0.3) is 0 Å². The zero-order chi connectivity index (χ0) is 31.6. The van der Waals surface area contributed by atoms with Gasteiger partial charge in [-0.05, 0) is 96.9 Å². The van der Waals surface area contributed by atoms with Gasteiger partial charge in [0, 0.05) is 6.54 Å². The van der Waals surface area contributed by atoms with E-state index >= 15 is 0 Å². The van der Waals surface area contributed by atoms with E-state index in [-0.39, 0.29) is 31.3 Å². The van der Waals surface area contributed by atoms with E-state index in [1.807, 2.05) is 68.4 Å². The van der Waals surface area contributed by atoms with Gasteiger partial charge in [-0.1, -0.05) is 6.07 Å². The molecule has 0 radical (unpaired) electrons. The van der Waals surface area contributed by atoms with E-state index in [2.05, 4.69) is 5.32 Å². The van der Waals surface area contributed by atoms with Crippen LogP contribution in [0.3, 0.4) is 0 Å². The van der Waals surface area contributed by atoms with Crippen LogP contribution in [0.2, 0.25) is 0 Å². The number of likely N-dealkylation sites (N-methyl/N-ethyl adjacent to an activating group) is 1. The molecule has 3 aromatic rings. The van der Waals surface area contributed by atoms with Gasteiger partial charge < -0.3 is 38.3 Å². The van der Waals surface area contributed by atoms with E-state index in [0.29, 0.717) is 48.5 Å². The van der Waals surface area contributed by atoms with Gasteiger partial charge in [-0.3, -0.25) is 9.59 Å². The van der Waals surface area contributed by atoms with Gasteiger partial charge >= 0.3 is 5.97 Å². The van der Waals surface area contributed by atoms with Crippen molar-refractivity contribution >= 4 is 29.1 Å². The number of amides is 1. The molecule has 10 nitrogen and oxygen atoms in total. The average Bonchev–Trinajstić information content (AvgIpc) is 3.62. The van der Waals surface area contributed by atoms with Crippen molar-refractivity contribution in [3.05, 3.63) is 76.8 Å². The van der Waals surface area contributed by atoms with Crippen LogP contribution in [-0.4, -0.2) is 72.0 Å². The molecular weight excluding hydrogens is 564 g/mol. The summed E-state index contributed by atoms with van der Waals surface area (Å²) in [6.45, 7) is 3.41. The molecule has 0 saturated carbocycles. The van der Waals surface area contributed by atoms with Crippen molar-refractivity contribution in [2.24, 2.45) is 0 Å². The van der Waals surface area contributed by atoms with Crippen LogP contribution in [0.5, 0.6) is 23.0 Å². The van der Waals surface area contributed by atoms with Crippen LogP contribution in [0.15, 0.2) is 58.7 Å². The second-order valence-electron chi connectivity index (χ2n) is 10.5. The molecule has 0 spiro atoms. The van der Waals surface area contributed by atoms with Crippen molar-refractivity contribution < 1.29 is 37.7 Å². The van der Waals surface area contributed by atoms with E-state index in [4.69, 9.17) is 28.1 Å². The number of carbonyl (C=O) groups excluding carboxylic acids is 2. The fourth-order valence-electron chi connectivity index (χ4n) is 4.88. The molecule has 44 heavy (non-hydrogen) atoms. The number of nitrogens with zero attached hydrogens (tertiary/aromatic N) is 1. The van der Waals surface area contributed by atoms with Crippen molar-refractivity contribution in [1.82, 2.24) is 10.2 Å². The summed E-state index contributed by atoms with van der Waals surface area (Å²) in [6.07, 6.45) is 3.90. The van der Waals surface area contributed by atoms with E-state index in [1.54, 1.807) is 33.7 Å². The van der Waals surface area contributed by atoms with E-state index in [1.165, 1.54) is 0 Å². The molecule has 234 valence electrons. The van der Waals surface area contributed by atoms with E-state index < -0.39 is 0 Å². The SMILES string of the molecule is COc1ccc2c(c1)C(CC(=O)NCc1ccco1)=C(C)/C2=C/c1cc(OC)c(OCCC(=O)OCCN(C)C)c(OC)c1. The molecule has 0 atom stereocenters. The highest BCUT2D eigenvalue weighted by molar-refractivity contribution is 6.08. The van der Waals surface area contributed by atoms with E-state index in [0.717, 1.165) is 33.4 Å². The number of allylic oxidation sites excluding steroid dienone is 2. The smallest absolute Gasteiger partial charge is 0.309 e. The first kappa shape index (κ1) is 32.2. The zero-order valence-electron chi connectivity index (χ0n) is 26.2. The quantitative estimate of drug-likeness (QED) is 0.234. The lowest BCUT2D eigenvalue weighted by Gasteiger charge is -2.16. The Labute approximate surface area is 258 Å². The third-order valence-corrected chi connectivity index (χ3v) is 7.22. The average molecular weight is 605 g/mol. The maximum Gasteiger partial charge on any atom is 0.309 e. The standard InChI is InChI=1S/C34H40N2O8/c1-22-27(26-10-9-24(39-4)19-29(26)28(22)20-32(37)35-21-25-8-7-13-42-25)16-23-17-30(40-5)34(31(18-23)41-6)44-14-11-33(38)43-15-12-36(2)3/h7-10,13,16-19H,11-12,14-15,20-21H2,1-6H3,(H,35,37)/b27-16-. The number of ether oxygens (including phenoxy) is 5. The Morgan fingerprint density at radius 2 is 1.70 bits per heavy atom. The molecule has 1 heterocycles. The summed E-state index contributed by atoms with van der Waals surface area (Å²) in [4.78, 5) is 27.0. The Hall–Kier alpha value is -4.70. The third kappa shape index (κ3) is 8.02. The number of hydrogen-bond acceptors (Lipinski definition) is 9. The summed E-state index contributed by atoms with van der Waals surface area (Å²) in [5.74, 6) is 2.27. The molecule has 0 aliphatic heterocycles. The van der Waals surface area contributed by atoms with E-state index in [9.17, 15) is 9.59 Å². The summed E-state index contributed by atoms with van der Waals surface area (Å²) in [5, 5.41) is 2.94. The van der Waals surface area contributed by atoms with Gasteiger partial charge in [0.1, 0.15) is 18.1 Å². The van der Waals surface area contributed by atoms with Crippen LogP contribution in [0.4, 0.5) is 0 Å². The lowest BCUT2D eigenvalue weighted by molar-refractivity contribution is -0.144. The monoisotopic (exact) mass is 604 g/mol. The van der Waals surface area contributed by atoms with Crippen LogP contribution in [0.25, 0.3) is 17.2 Å². The molecule has 1 aromatic heterocycles. The fourth-order valence-corrected chi connectivity index (χ4v) is 4.88. The largest absolute Gasteiger partial charge is 0.497 e. The number of benzene rings is 2. The Kier molecular flexibility index (Phi) is 11.1. The van der Waals surface area contributed by atoms with Gasteiger partial charge in [0.2, 0.25) is 11.7 Å². The van der Waals surface area contributed by atoms with Crippen molar-refractivity contribution in [2.45, 2.75) is 26.3 Å². The van der Waals surface area contributed by atoms with Crippen molar-refractivity contribution in [2.75, 3.05) is 55.2 Å². The maximum atomic E-state index is 13.0. The summed E-state index contributed by atoms with van der Waals surface area (Å²) >= 11 is 0. The molecule has 1 aliphatic carbocycles. The Bertz CT molecular complexity index is 1500. The first-order chi connectivity index (χ1) is 21.2. The first-order valence-electron chi connectivity index (χ1n) is 14.3. The molecule has 0 fully saturated rings. The molecule has 1 amide bonds. The highest BCUT2D eigenvalue weighted by atomic mass is 16.5. The molecule has 0 saturated heterocycles. The summed E-state index contributed by atoms with van der Waals surface area (Å²) in [7, 11) is 8.55. The molecule has 1 aliphatic rings. The third-order valence-electron chi connectivity index (χ3n) is 7.22. The lowest BCUT2D eigenvalue weighted by Crippen LogP contribution is -2.22. The predicted molar refractivity (Wildman–Crippen MR) is 168 cm³/mol. The van der Waals surface area contributed by atoms with Crippen LogP contribution in [0.1, 0.15) is 42.2 Å². The number of esters is 1.